The number of hydrogen-bond donors (Lipinski definition) is 1. The van der Waals surface area contributed by atoms with E-state index in [4.69, 9.17) is 24.9 Å². The summed E-state index contributed by atoms with van der Waals surface area (Å²) in [5, 5.41) is 3.27. The molecular weight excluding hydrogens is 1050 g/mol. The summed E-state index contributed by atoms with van der Waals surface area (Å²) in [6, 6.07) is 63.0. The minimum absolute atomic E-state index is 0.137. The van der Waals surface area contributed by atoms with Crippen LogP contribution in [0, 0.1) is 11.3 Å². The van der Waals surface area contributed by atoms with Crippen molar-refractivity contribution in [2.75, 3.05) is 0 Å². The maximum absolute atomic E-state index is 5.23. The number of fused-ring (bicyclic) bond motifs is 4. The summed E-state index contributed by atoms with van der Waals surface area (Å²) in [7, 11) is 0. The van der Waals surface area contributed by atoms with Crippen molar-refractivity contribution in [3.63, 3.8) is 0 Å². The average molecular weight is 1110 g/mol. The Hall–Kier alpha value is -10.4. The molecule has 3 aliphatic carbocycles. The number of aliphatic imine (C=N–C) groups is 2. The third-order valence-electron chi connectivity index (χ3n) is 17.2. The fraction of sp³-hybridized carbons (Fsp3) is 0.127. The van der Waals surface area contributed by atoms with Crippen LogP contribution in [-0.4, -0.2) is 36.1 Å². The molecule has 0 saturated heterocycles. The van der Waals surface area contributed by atoms with Gasteiger partial charge in [-0.25, -0.2) is 24.9 Å². The van der Waals surface area contributed by atoms with Gasteiger partial charge in [0.1, 0.15) is 0 Å². The predicted octanol–water partition coefficient (Wildman–Crippen LogP) is 20.1. The van der Waals surface area contributed by atoms with Crippen molar-refractivity contribution in [1.29, 1.82) is 0 Å². The van der Waals surface area contributed by atoms with Gasteiger partial charge >= 0.3 is 0 Å². The third-order valence-corrected chi connectivity index (χ3v) is 17.2. The number of nitrogens with zero attached hydrogens (tertiary/aromatic N) is 6. The van der Waals surface area contributed by atoms with Crippen molar-refractivity contribution >= 4 is 61.6 Å². The van der Waals surface area contributed by atoms with Crippen molar-refractivity contribution in [2.45, 2.75) is 53.4 Å². The van der Waals surface area contributed by atoms with Gasteiger partial charge in [0.2, 0.25) is 0 Å². The van der Waals surface area contributed by atoms with Crippen molar-refractivity contribution < 1.29 is 0 Å². The van der Waals surface area contributed by atoms with Crippen LogP contribution in [0.2, 0.25) is 0 Å². The van der Waals surface area contributed by atoms with E-state index in [2.05, 4.69) is 220 Å². The number of aromatic amines is 1. The van der Waals surface area contributed by atoms with Crippen LogP contribution < -0.4 is 0 Å². The quantitative estimate of drug-likeness (QED) is 0.0510. The molecule has 3 aromatic heterocycles. The molecule has 86 heavy (non-hydrogen) atoms. The van der Waals surface area contributed by atoms with Crippen LogP contribution in [0.15, 0.2) is 294 Å². The monoisotopic (exact) mass is 1110 g/mol. The fourth-order valence-electron chi connectivity index (χ4n) is 12.4. The zero-order valence-electron chi connectivity index (χ0n) is 49.2. The molecule has 2 unspecified atom stereocenters. The first-order valence-electron chi connectivity index (χ1n) is 29.8. The van der Waals surface area contributed by atoms with Gasteiger partial charge < -0.3 is 9.55 Å². The molecule has 418 valence electrons. The van der Waals surface area contributed by atoms with E-state index in [1.807, 2.05) is 78.9 Å². The zero-order chi connectivity index (χ0) is 58.7. The van der Waals surface area contributed by atoms with Gasteiger partial charge in [0.15, 0.2) is 23.3 Å². The topological polar surface area (TPSA) is 84.1 Å². The minimum Gasteiger partial charge on any atom is -0.354 e. The maximum Gasteiger partial charge on any atom is 0.164 e. The van der Waals surface area contributed by atoms with E-state index in [9.17, 15) is 0 Å². The standard InChI is InChI=1S/C79H67N7/c1-7-55(42-44-64-51-68-66(37-25-39-73(68)86(64)63-34-22-13-23-35-63)78-84-76(58-30-18-11-19-31-58)83-77(85-78)59-32-20-12-21-33-59)60-41-40-52(3)67(48-60)70-50-62(46-47-79(70,6)8-2)61-43-45-71-69(49-61)74-65(36-24-38-72(74)82-71)54(5)81-75(57-28-16-10-17-29-57)80-53(4)56-26-14-9-15-27-56/h7-14,16-26,28-46,49-51,60,82H,2,5,15,27,47-48H2,1,3-4,6H3/b44-42-,55-7+,80-53?,81-75?. The number of hydrogen-bond acceptors (Lipinski definition) is 4. The smallest absolute Gasteiger partial charge is 0.164 e. The van der Waals surface area contributed by atoms with Gasteiger partial charge in [0, 0.05) is 83.4 Å². The first kappa shape index (κ1) is 54.9. The summed E-state index contributed by atoms with van der Waals surface area (Å²) >= 11 is 0. The zero-order valence-corrected chi connectivity index (χ0v) is 49.2. The van der Waals surface area contributed by atoms with Crippen LogP contribution in [-0.2, 0) is 0 Å². The minimum atomic E-state index is -0.270. The van der Waals surface area contributed by atoms with Crippen LogP contribution in [0.4, 0.5) is 0 Å². The van der Waals surface area contributed by atoms with Gasteiger partial charge in [-0.05, 0) is 134 Å². The van der Waals surface area contributed by atoms with Crippen molar-refractivity contribution in [3.05, 3.63) is 306 Å². The number of allylic oxidation sites excluding steroid dienone is 16. The van der Waals surface area contributed by atoms with Gasteiger partial charge in [0.05, 0.1) is 11.2 Å². The van der Waals surface area contributed by atoms with E-state index >= 15 is 0 Å². The largest absolute Gasteiger partial charge is 0.354 e. The highest BCUT2D eigenvalue weighted by Gasteiger charge is 2.33. The molecule has 0 aliphatic heterocycles. The molecule has 0 amide bonds. The van der Waals surface area contributed by atoms with Gasteiger partial charge in [-0.1, -0.05) is 214 Å². The highest BCUT2D eigenvalue weighted by Crippen LogP contribution is 2.48. The molecule has 0 spiro atoms. The van der Waals surface area contributed by atoms with Crippen LogP contribution in [0.1, 0.15) is 75.8 Å². The second-order valence-corrected chi connectivity index (χ2v) is 22.7. The van der Waals surface area contributed by atoms with Gasteiger partial charge in [-0.3, -0.25) is 0 Å². The summed E-state index contributed by atoms with van der Waals surface area (Å²) in [5.74, 6) is 2.67. The average Bonchev–Trinajstić information content (AvgIpc) is 2.03. The highest BCUT2D eigenvalue weighted by molar-refractivity contribution is 6.16. The molecule has 3 heterocycles. The van der Waals surface area contributed by atoms with Gasteiger partial charge in [0.25, 0.3) is 0 Å². The van der Waals surface area contributed by atoms with Crippen LogP contribution in [0.25, 0.3) is 89.9 Å². The number of H-pyrrole nitrogens is 1. The molecule has 0 bridgehead atoms. The van der Waals surface area contributed by atoms with E-state index in [1.165, 1.54) is 33.4 Å². The summed E-state index contributed by atoms with van der Waals surface area (Å²) in [6.45, 7) is 17.9. The molecule has 0 fully saturated rings. The molecule has 1 N–H and O–H groups in total. The summed E-state index contributed by atoms with van der Waals surface area (Å²) in [5.41, 5.74) is 20.1. The van der Waals surface area contributed by atoms with E-state index in [-0.39, 0.29) is 11.3 Å². The number of amidine groups is 1. The van der Waals surface area contributed by atoms with E-state index < -0.39 is 0 Å². The number of benzene rings is 7. The first-order chi connectivity index (χ1) is 42.1. The second-order valence-electron chi connectivity index (χ2n) is 22.7. The normalized spacial score (nSPS) is 17.6. The molecular formula is C79H67N7. The third kappa shape index (κ3) is 10.8. The van der Waals surface area contributed by atoms with Gasteiger partial charge in [-0.15, -0.1) is 6.58 Å². The predicted molar refractivity (Wildman–Crippen MR) is 362 cm³/mol. The Labute approximate surface area is 504 Å². The Kier molecular flexibility index (Phi) is 15.1. The molecule has 7 aromatic carbocycles. The Morgan fingerprint density at radius 1 is 0.733 bits per heavy atom. The number of rotatable bonds is 14. The lowest BCUT2D eigenvalue weighted by Crippen LogP contribution is -2.22. The molecule has 3 aliphatic rings. The van der Waals surface area contributed by atoms with E-state index in [0.717, 1.165) is 109 Å². The summed E-state index contributed by atoms with van der Waals surface area (Å²) in [6.07, 6.45) is 28.7. The lowest BCUT2D eigenvalue weighted by Gasteiger charge is -2.36. The maximum atomic E-state index is 5.23. The van der Waals surface area contributed by atoms with E-state index in [0.29, 0.717) is 29.0 Å². The Balaban J connectivity index is 0.827. The highest BCUT2D eigenvalue weighted by atomic mass is 15.0. The molecule has 7 heteroatoms. The molecule has 2 atom stereocenters. The molecule has 13 rings (SSSR count). The summed E-state index contributed by atoms with van der Waals surface area (Å²) in [4.78, 5) is 29.4. The van der Waals surface area contributed by atoms with Crippen molar-refractivity contribution in [1.82, 2.24) is 24.5 Å². The lowest BCUT2D eigenvalue weighted by atomic mass is 9.68. The van der Waals surface area contributed by atoms with Crippen LogP contribution in [0.3, 0.4) is 0 Å². The van der Waals surface area contributed by atoms with Crippen molar-refractivity contribution in [3.8, 4) is 39.9 Å². The van der Waals surface area contributed by atoms with Crippen molar-refractivity contribution in [2.24, 2.45) is 21.3 Å². The Morgan fingerprint density at radius 2 is 1.43 bits per heavy atom. The number of para-hydroxylation sites is 1. The number of nitrogens with one attached hydrogen (secondary N) is 1. The molecule has 10 aromatic rings. The fourth-order valence-corrected chi connectivity index (χ4v) is 12.4. The Morgan fingerprint density at radius 3 is 2.13 bits per heavy atom. The van der Waals surface area contributed by atoms with E-state index in [1.54, 1.807) is 0 Å². The number of aromatic nitrogens is 5. The van der Waals surface area contributed by atoms with Gasteiger partial charge in [-0.2, -0.15) is 0 Å². The molecule has 0 saturated carbocycles. The summed E-state index contributed by atoms with van der Waals surface area (Å²) < 4.78 is 2.34. The SMILES string of the molecule is C=CC1(C)CC=C(c2ccc3[nH]c4cccc(C(=C)N=C(N=C(C)C5=CC=CCC5)c5ccccc5)c4c3c2)C=C1C1=C(C)C=CC(C(/C=C\c2cc3c(-c4nc(-c5ccccc5)nc(-c5ccccc5)n4)cccc3n2-c2ccccc2)=C/C)C1. The second kappa shape index (κ2) is 23.7. The molecule has 0 radical (unpaired) electrons. The first-order valence-corrected chi connectivity index (χ1v) is 29.8. The van der Waals surface area contributed by atoms with Crippen LogP contribution >= 0.6 is 0 Å². The lowest BCUT2D eigenvalue weighted by molar-refractivity contribution is 0.515. The van der Waals surface area contributed by atoms with Crippen LogP contribution in [0.5, 0.6) is 0 Å². The molecule has 7 nitrogen and oxygen atoms in total. The Bertz CT molecular complexity index is 4570.